The first-order valence-corrected chi connectivity index (χ1v) is 7.67. The topological polar surface area (TPSA) is 35.0 Å². The maximum absolute atomic E-state index is 13.0. The van der Waals surface area contributed by atoms with Crippen LogP contribution < -0.4 is 4.74 Å². The summed E-state index contributed by atoms with van der Waals surface area (Å²) in [6.07, 6.45) is -8.01. The monoisotopic (exact) mass is 386 g/mol. The number of aryl methyl sites for hydroxylation is 1. The Balaban J connectivity index is 2.07. The van der Waals surface area contributed by atoms with Gasteiger partial charge in [0.25, 0.3) is 0 Å². The van der Waals surface area contributed by atoms with E-state index in [1.165, 1.54) is 12.1 Å². The second kappa shape index (κ2) is 6.71. The molecule has 0 radical (unpaired) electrons. The lowest BCUT2D eigenvalue weighted by Crippen LogP contribution is -2.19. The average Bonchev–Trinajstić information content (AvgIpc) is 2.57. The highest BCUT2D eigenvalue weighted by Crippen LogP contribution is 2.34. The third-order valence-corrected chi connectivity index (χ3v) is 3.65. The summed E-state index contributed by atoms with van der Waals surface area (Å²) in [6, 6.07) is 7.93. The quantitative estimate of drug-likeness (QED) is 0.553. The zero-order valence-corrected chi connectivity index (χ0v) is 13.8. The molecule has 0 saturated heterocycles. The van der Waals surface area contributed by atoms with Crippen molar-refractivity contribution < 1.29 is 31.1 Å². The van der Waals surface area contributed by atoms with E-state index >= 15 is 0 Å². The Kier molecular flexibility index (Phi) is 4.71. The van der Waals surface area contributed by atoms with Crippen molar-refractivity contribution in [2.75, 3.05) is 6.61 Å². The molecule has 0 saturated carbocycles. The Morgan fingerprint density at radius 3 is 2.41 bits per heavy atom. The van der Waals surface area contributed by atoms with Gasteiger partial charge in [-0.3, -0.25) is 0 Å². The first-order valence-electron chi connectivity index (χ1n) is 7.67. The Morgan fingerprint density at radius 2 is 1.74 bits per heavy atom. The molecule has 142 valence electrons. The van der Waals surface area contributed by atoms with E-state index in [9.17, 15) is 26.3 Å². The van der Waals surface area contributed by atoms with Crippen LogP contribution >= 0.6 is 0 Å². The molecule has 9 heteroatoms. The van der Waals surface area contributed by atoms with Gasteiger partial charge >= 0.3 is 12.4 Å². The summed E-state index contributed by atoms with van der Waals surface area (Å²) in [5.74, 6) is -0.319. The number of alkyl halides is 6. The van der Waals surface area contributed by atoms with Crippen LogP contribution in [0.5, 0.6) is 5.88 Å². The van der Waals surface area contributed by atoms with Crippen LogP contribution in [0, 0.1) is 6.92 Å². The second-order valence-corrected chi connectivity index (χ2v) is 5.87. The molecule has 27 heavy (non-hydrogen) atoms. The number of rotatable bonds is 3. The van der Waals surface area contributed by atoms with Gasteiger partial charge in [-0.05, 0) is 42.3 Å². The molecule has 0 aliphatic heterocycles. The van der Waals surface area contributed by atoms with E-state index in [2.05, 4.69) is 14.7 Å². The van der Waals surface area contributed by atoms with Crippen LogP contribution in [0.2, 0.25) is 0 Å². The molecule has 3 rings (SSSR count). The van der Waals surface area contributed by atoms with Crippen molar-refractivity contribution in [1.29, 1.82) is 0 Å². The molecule has 1 aromatic heterocycles. The van der Waals surface area contributed by atoms with Gasteiger partial charge in [-0.25, -0.2) is 9.97 Å². The molecule has 3 aromatic rings. The number of fused-ring (bicyclic) bond motifs is 1. The number of ether oxygens (including phenoxy) is 1. The van der Waals surface area contributed by atoms with Crippen molar-refractivity contribution >= 4 is 11.0 Å². The Bertz CT molecular complexity index is 982. The van der Waals surface area contributed by atoms with Crippen LogP contribution in [0.25, 0.3) is 22.2 Å². The number of benzene rings is 2. The van der Waals surface area contributed by atoms with Crippen LogP contribution in [0.15, 0.2) is 42.6 Å². The molecule has 1 heterocycles. The highest BCUT2D eigenvalue weighted by atomic mass is 19.4. The molecular weight excluding hydrogens is 374 g/mol. The van der Waals surface area contributed by atoms with Gasteiger partial charge in [-0.15, -0.1) is 0 Å². The number of nitrogens with zero attached hydrogens (tertiary/aromatic N) is 2. The smallest absolute Gasteiger partial charge is 0.422 e. The largest absolute Gasteiger partial charge is 0.467 e. The second-order valence-electron chi connectivity index (χ2n) is 5.87. The zero-order valence-electron chi connectivity index (χ0n) is 13.8. The van der Waals surface area contributed by atoms with Gasteiger partial charge in [0, 0.05) is 5.56 Å². The molecule has 0 aliphatic rings. The summed E-state index contributed by atoms with van der Waals surface area (Å²) < 4.78 is 80.3. The summed E-state index contributed by atoms with van der Waals surface area (Å²) in [4.78, 5) is 8.04. The third-order valence-electron chi connectivity index (χ3n) is 3.65. The number of aromatic nitrogens is 2. The fraction of sp³-hybridized carbons (Fsp3) is 0.222. The van der Waals surface area contributed by atoms with E-state index < -0.39 is 24.5 Å². The van der Waals surface area contributed by atoms with Crippen LogP contribution in [0.1, 0.15) is 11.1 Å². The number of hydrogen-bond donors (Lipinski definition) is 0. The lowest BCUT2D eigenvalue weighted by molar-refractivity contribution is -0.154. The number of halogens is 6. The van der Waals surface area contributed by atoms with Crippen LogP contribution in [0.4, 0.5) is 26.3 Å². The van der Waals surface area contributed by atoms with Crippen LogP contribution in [0.3, 0.4) is 0 Å². The molecule has 0 amide bonds. The molecule has 2 aromatic carbocycles. The van der Waals surface area contributed by atoms with E-state index in [4.69, 9.17) is 0 Å². The maximum atomic E-state index is 13.0. The summed E-state index contributed by atoms with van der Waals surface area (Å²) in [7, 11) is 0. The Hall–Kier alpha value is -2.84. The minimum Gasteiger partial charge on any atom is -0.467 e. The summed E-state index contributed by atoms with van der Waals surface area (Å²) in [6.45, 7) is 0.182. The van der Waals surface area contributed by atoms with Crippen molar-refractivity contribution in [1.82, 2.24) is 9.97 Å². The highest BCUT2D eigenvalue weighted by Gasteiger charge is 2.31. The summed E-state index contributed by atoms with van der Waals surface area (Å²) in [5, 5.41) is 0. The van der Waals surface area contributed by atoms with Gasteiger partial charge in [-0.2, -0.15) is 26.3 Å². The molecular formula is C18H12F6N2O. The Morgan fingerprint density at radius 1 is 1.00 bits per heavy atom. The van der Waals surface area contributed by atoms with E-state index in [0.29, 0.717) is 11.1 Å². The van der Waals surface area contributed by atoms with Crippen molar-refractivity contribution in [2.45, 2.75) is 19.3 Å². The van der Waals surface area contributed by atoms with E-state index in [1.54, 1.807) is 19.1 Å². The lowest BCUT2D eigenvalue weighted by Gasteiger charge is -2.12. The van der Waals surface area contributed by atoms with Gasteiger partial charge in [0.2, 0.25) is 5.88 Å². The first kappa shape index (κ1) is 18.9. The summed E-state index contributed by atoms with van der Waals surface area (Å²) in [5.41, 5.74) is 1.01. The molecule has 3 nitrogen and oxygen atoms in total. The minimum absolute atomic E-state index is 0.224. The predicted molar refractivity (Wildman–Crippen MR) is 86.3 cm³/mol. The Labute approximate surface area is 149 Å². The molecule has 0 spiro atoms. The lowest BCUT2D eigenvalue weighted by atomic mass is 9.99. The molecule has 0 atom stereocenters. The van der Waals surface area contributed by atoms with Crippen molar-refractivity contribution in [3.05, 3.63) is 53.7 Å². The normalized spacial score (nSPS) is 12.4. The van der Waals surface area contributed by atoms with Gasteiger partial charge in [0.15, 0.2) is 6.61 Å². The van der Waals surface area contributed by atoms with Crippen LogP contribution in [-0.4, -0.2) is 22.8 Å². The van der Waals surface area contributed by atoms with E-state index in [0.717, 1.165) is 18.3 Å². The number of hydrogen-bond acceptors (Lipinski definition) is 3. The van der Waals surface area contributed by atoms with Crippen LogP contribution in [-0.2, 0) is 6.18 Å². The summed E-state index contributed by atoms with van der Waals surface area (Å²) >= 11 is 0. The van der Waals surface area contributed by atoms with E-state index in [-0.39, 0.29) is 22.5 Å². The highest BCUT2D eigenvalue weighted by molar-refractivity contribution is 5.92. The van der Waals surface area contributed by atoms with Gasteiger partial charge in [0.05, 0.1) is 22.8 Å². The van der Waals surface area contributed by atoms with Gasteiger partial charge in [-0.1, -0.05) is 12.1 Å². The fourth-order valence-electron chi connectivity index (χ4n) is 2.56. The molecule has 0 unspecified atom stereocenters. The average molecular weight is 386 g/mol. The molecule has 0 fully saturated rings. The SMILES string of the molecule is Cc1cc(-c2cccc(C(F)(F)F)c2)c2ncc(OCC(F)(F)F)nc2c1. The van der Waals surface area contributed by atoms with Gasteiger partial charge in [0.1, 0.15) is 0 Å². The van der Waals surface area contributed by atoms with Crippen molar-refractivity contribution in [2.24, 2.45) is 0 Å². The third kappa shape index (κ3) is 4.47. The molecule has 0 bridgehead atoms. The fourth-order valence-corrected chi connectivity index (χ4v) is 2.56. The molecule has 0 aliphatic carbocycles. The maximum Gasteiger partial charge on any atom is 0.422 e. The predicted octanol–water partition coefficient (Wildman–Crippen LogP) is 5.57. The molecule has 0 N–H and O–H groups in total. The van der Waals surface area contributed by atoms with Gasteiger partial charge < -0.3 is 4.74 Å². The van der Waals surface area contributed by atoms with Crippen molar-refractivity contribution in [3.8, 4) is 17.0 Å². The van der Waals surface area contributed by atoms with Crippen molar-refractivity contribution in [3.63, 3.8) is 0 Å². The zero-order chi connectivity index (χ0) is 19.8. The minimum atomic E-state index is -4.52. The first-order chi connectivity index (χ1) is 12.5. The van der Waals surface area contributed by atoms with E-state index in [1.807, 2.05) is 0 Å². The standard InChI is InChI=1S/C18H12F6N2O/c1-10-5-13(11-3-2-4-12(7-11)18(22,23)24)16-14(6-10)26-15(8-25-16)27-9-17(19,20)21/h2-8H,9H2,1H3.